The Bertz CT molecular complexity index is 711. The molecule has 1 aliphatic heterocycles. The molecule has 1 aromatic heterocycles. The number of halogens is 1. The molecule has 1 fully saturated rings. The largest absolute Gasteiger partial charge is 0.339 e. The molecule has 5 heteroatoms. The van der Waals surface area contributed by atoms with Crippen LogP contribution in [0.4, 0.5) is 11.5 Å². The Morgan fingerprint density at radius 2 is 1.96 bits per heavy atom. The van der Waals surface area contributed by atoms with E-state index in [-0.39, 0.29) is 5.91 Å². The van der Waals surface area contributed by atoms with Crippen LogP contribution in [0.5, 0.6) is 0 Å². The Kier molecular flexibility index (Phi) is 4.96. The summed E-state index contributed by atoms with van der Waals surface area (Å²) in [5.41, 5.74) is 2.81. The van der Waals surface area contributed by atoms with Crippen LogP contribution in [-0.2, 0) is 0 Å². The lowest BCUT2D eigenvalue weighted by Crippen LogP contribution is -2.35. The second kappa shape index (κ2) is 7.13. The quantitative estimate of drug-likeness (QED) is 0.859. The van der Waals surface area contributed by atoms with Crippen LogP contribution in [-0.4, -0.2) is 28.9 Å². The minimum atomic E-state index is 0.0955. The molecule has 1 N–H and O–H groups in total. The third-order valence-electron chi connectivity index (χ3n) is 4.04. The van der Waals surface area contributed by atoms with Crippen molar-refractivity contribution in [1.82, 2.24) is 9.88 Å². The first-order valence-corrected chi connectivity index (χ1v) is 8.71. The van der Waals surface area contributed by atoms with Crippen molar-refractivity contribution in [2.24, 2.45) is 0 Å². The molecule has 2 heterocycles. The highest BCUT2D eigenvalue weighted by Crippen LogP contribution is 2.26. The van der Waals surface area contributed by atoms with Gasteiger partial charge in [0.25, 0.3) is 5.91 Å². The third kappa shape index (κ3) is 3.91. The number of carbonyl (C=O) groups excluding carboxylic acids is 1. The molecule has 0 atom stereocenters. The van der Waals surface area contributed by atoms with Gasteiger partial charge < -0.3 is 10.2 Å². The standard InChI is InChI=1S/C18H20BrN3O/c1-13-5-6-16(15(19)11-13)21-17-12-14(7-8-20-17)18(23)22-9-3-2-4-10-22/h5-8,11-12H,2-4,9-10H2,1H3,(H,20,21). The SMILES string of the molecule is Cc1ccc(Nc2cc(C(=O)N3CCCCC3)ccn2)c(Br)c1. The van der Waals surface area contributed by atoms with Crippen LogP contribution >= 0.6 is 15.9 Å². The molecule has 4 nitrogen and oxygen atoms in total. The van der Waals surface area contributed by atoms with E-state index in [1.165, 1.54) is 12.0 Å². The number of nitrogens with one attached hydrogen (secondary N) is 1. The average molecular weight is 374 g/mol. The Labute approximate surface area is 145 Å². The lowest BCUT2D eigenvalue weighted by atomic mass is 10.1. The Hall–Kier alpha value is -1.88. The maximum atomic E-state index is 12.6. The molecular weight excluding hydrogens is 354 g/mol. The van der Waals surface area contributed by atoms with E-state index in [0.717, 1.165) is 36.1 Å². The summed E-state index contributed by atoms with van der Waals surface area (Å²) in [6, 6.07) is 9.69. The molecule has 1 saturated heterocycles. The molecule has 1 amide bonds. The van der Waals surface area contributed by atoms with Crippen molar-refractivity contribution in [3.05, 3.63) is 52.1 Å². The van der Waals surface area contributed by atoms with Crippen LogP contribution in [0.15, 0.2) is 41.0 Å². The summed E-state index contributed by atoms with van der Waals surface area (Å²) in [4.78, 5) is 18.8. The fraction of sp³-hybridized carbons (Fsp3) is 0.333. The van der Waals surface area contributed by atoms with Gasteiger partial charge in [-0.25, -0.2) is 4.98 Å². The van der Waals surface area contributed by atoms with E-state index in [1.54, 1.807) is 12.3 Å². The minimum absolute atomic E-state index is 0.0955. The number of benzene rings is 1. The Morgan fingerprint density at radius 1 is 1.17 bits per heavy atom. The fourth-order valence-corrected chi connectivity index (χ4v) is 3.36. The second-order valence-corrected chi connectivity index (χ2v) is 6.75. The third-order valence-corrected chi connectivity index (χ3v) is 4.69. The first kappa shape index (κ1) is 16.0. The average Bonchev–Trinajstić information content (AvgIpc) is 2.58. The Balaban J connectivity index is 1.78. The van der Waals surface area contributed by atoms with Crippen molar-refractivity contribution in [2.45, 2.75) is 26.2 Å². The number of hydrogen-bond donors (Lipinski definition) is 1. The zero-order chi connectivity index (χ0) is 16.2. The zero-order valence-corrected chi connectivity index (χ0v) is 14.8. The summed E-state index contributed by atoms with van der Waals surface area (Å²) in [5.74, 6) is 0.774. The highest BCUT2D eigenvalue weighted by atomic mass is 79.9. The van der Waals surface area contributed by atoms with Gasteiger partial charge in [-0.1, -0.05) is 6.07 Å². The van der Waals surface area contributed by atoms with Crippen molar-refractivity contribution in [2.75, 3.05) is 18.4 Å². The number of anilines is 2. The number of aromatic nitrogens is 1. The number of amides is 1. The topological polar surface area (TPSA) is 45.2 Å². The van der Waals surface area contributed by atoms with E-state index in [9.17, 15) is 4.79 Å². The molecule has 2 aromatic rings. The van der Waals surface area contributed by atoms with Crippen molar-refractivity contribution in [3.8, 4) is 0 Å². The molecule has 0 bridgehead atoms. The molecule has 23 heavy (non-hydrogen) atoms. The molecule has 0 aliphatic carbocycles. The van der Waals surface area contributed by atoms with Gasteiger partial charge in [0.15, 0.2) is 0 Å². The maximum absolute atomic E-state index is 12.6. The molecule has 1 aliphatic rings. The van der Waals surface area contributed by atoms with Crippen LogP contribution in [0.1, 0.15) is 35.2 Å². The summed E-state index contributed by atoms with van der Waals surface area (Å²) >= 11 is 3.55. The van der Waals surface area contributed by atoms with Crippen LogP contribution in [0.2, 0.25) is 0 Å². The van der Waals surface area contributed by atoms with E-state index >= 15 is 0 Å². The highest BCUT2D eigenvalue weighted by molar-refractivity contribution is 9.10. The summed E-state index contributed by atoms with van der Waals surface area (Å²) in [6.07, 6.45) is 5.09. The normalized spacial score (nSPS) is 14.6. The van der Waals surface area contributed by atoms with E-state index in [2.05, 4.69) is 26.2 Å². The van der Waals surface area contributed by atoms with Crippen LogP contribution in [0.3, 0.4) is 0 Å². The summed E-state index contributed by atoms with van der Waals surface area (Å²) in [6.45, 7) is 3.76. The maximum Gasteiger partial charge on any atom is 0.254 e. The number of pyridine rings is 1. The first-order chi connectivity index (χ1) is 11.1. The second-order valence-electron chi connectivity index (χ2n) is 5.89. The number of likely N-dealkylation sites (tertiary alicyclic amines) is 1. The van der Waals surface area contributed by atoms with Gasteiger partial charge in [0.2, 0.25) is 0 Å². The van der Waals surface area contributed by atoms with Gasteiger partial charge in [-0.15, -0.1) is 0 Å². The molecule has 3 rings (SSSR count). The van der Waals surface area contributed by atoms with Crippen molar-refractivity contribution < 1.29 is 4.79 Å². The van der Waals surface area contributed by atoms with Crippen LogP contribution in [0, 0.1) is 6.92 Å². The number of piperidine rings is 1. The smallest absolute Gasteiger partial charge is 0.254 e. The van der Waals surface area contributed by atoms with Crippen LogP contribution in [0.25, 0.3) is 0 Å². The van der Waals surface area contributed by atoms with E-state index < -0.39 is 0 Å². The predicted octanol–water partition coefficient (Wildman–Crippen LogP) is 4.52. The molecular formula is C18H20BrN3O. The first-order valence-electron chi connectivity index (χ1n) is 7.92. The van der Waals surface area contributed by atoms with Crippen molar-refractivity contribution >= 4 is 33.3 Å². The van der Waals surface area contributed by atoms with Crippen molar-refractivity contribution in [1.29, 1.82) is 0 Å². The lowest BCUT2D eigenvalue weighted by molar-refractivity contribution is 0.0724. The van der Waals surface area contributed by atoms with Gasteiger partial charge in [-0.2, -0.15) is 0 Å². The van der Waals surface area contributed by atoms with Gasteiger partial charge in [0, 0.05) is 29.3 Å². The monoisotopic (exact) mass is 373 g/mol. The number of hydrogen-bond acceptors (Lipinski definition) is 3. The number of rotatable bonds is 3. The minimum Gasteiger partial charge on any atom is -0.339 e. The van der Waals surface area contributed by atoms with Gasteiger partial charge in [0.05, 0.1) is 5.69 Å². The molecule has 120 valence electrons. The van der Waals surface area contributed by atoms with E-state index in [0.29, 0.717) is 11.4 Å². The highest BCUT2D eigenvalue weighted by Gasteiger charge is 2.18. The van der Waals surface area contributed by atoms with Gasteiger partial charge in [0.1, 0.15) is 5.82 Å². The van der Waals surface area contributed by atoms with Crippen molar-refractivity contribution in [3.63, 3.8) is 0 Å². The predicted molar refractivity (Wildman–Crippen MR) is 96.2 cm³/mol. The number of carbonyl (C=O) groups is 1. The van der Waals surface area contributed by atoms with E-state index in [1.807, 2.05) is 36.1 Å². The summed E-state index contributed by atoms with van der Waals surface area (Å²) in [5, 5.41) is 3.27. The van der Waals surface area contributed by atoms with Gasteiger partial charge in [-0.05, 0) is 71.9 Å². The number of aryl methyl sites for hydroxylation is 1. The summed E-state index contributed by atoms with van der Waals surface area (Å²) in [7, 11) is 0. The number of nitrogens with zero attached hydrogens (tertiary/aromatic N) is 2. The van der Waals surface area contributed by atoms with Gasteiger partial charge in [-0.3, -0.25) is 4.79 Å². The summed E-state index contributed by atoms with van der Waals surface area (Å²) < 4.78 is 0.979. The van der Waals surface area contributed by atoms with E-state index in [4.69, 9.17) is 0 Å². The molecule has 0 unspecified atom stereocenters. The Morgan fingerprint density at radius 3 is 2.70 bits per heavy atom. The fourth-order valence-electron chi connectivity index (χ4n) is 2.77. The molecule has 0 spiro atoms. The zero-order valence-electron chi connectivity index (χ0n) is 13.2. The molecule has 0 radical (unpaired) electrons. The lowest BCUT2D eigenvalue weighted by Gasteiger charge is -2.26. The van der Waals surface area contributed by atoms with Crippen LogP contribution < -0.4 is 5.32 Å². The molecule has 1 aromatic carbocycles. The van der Waals surface area contributed by atoms with Gasteiger partial charge >= 0.3 is 0 Å². The molecule has 0 saturated carbocycles.